The van der Waals surface area contributed by atoms with Gasteiger partial charge in [-0.1, -0.05) is 17.2 Å². The van der Waals surface area contributed by atoms with Gasteiger partial charge in [0, 0.05) is 35.4 Å². The molecule has 0 heterocycles. The number of ether oxygens (including phenoxy) is 5. The first-order valence-corrected chi connectivity index (χ1v) is 7.50. The van der Waals surface area contributed by atoms with E-state index in [-0.39, 0.29) is 25.3 Å². The zero-order valence-electron chi connectivity index (χ0n) is 14.3. The molecule has 0 rings (SSSR count). The third-order valence-corrected chi connectivity index (χ3v) is 2.72. The molecule has 0 aromatic carbocycles. The van der Waals surface area contributed by atoms with Crippen molar-refractivity contribution in [2.75, 3.05) is 73.2 Å². The fraction of sp³-hybridized carbons (Fsp3) is 1.00. The summed E-state index contributed by atoms with van der Waals surface area (Å²) in [5.74, 6) is 0. The topological polar surface area (TPSA) is 144 Å². The molecule has 0 atom stereocenters. The molecule has 24 heavy (non-hydrogen) atoms. The molecule has 0 amide bonds. The highest BCUT2D eigenvalue weighted by Crippen LogP contribution is 2.18. The standard InChI is InChI=1S/C13H26N6O5/c1-13(9-21-5-3-16-18-14,10-22-6-4-17-19-15)11-23-7-8-24-12-20-2/h3-12H2,1-2H3. The van der Waals surface area contributed by atoms with Gasteiger partial charge in [0.15, 0.2) is 0 Å². The molecule has 0 aliphatic carbocycles. The molecule has 0 saturated carbocycles. The lowest BCUT2D eigenvalue weighted by atomic mass is 9.94. The summed E-state index contributed by atoms with van der Waals surface area (Å²) in [5.41, 5.74) is 16.1. The predicted octanol–water partition coefficient (Wildman–Crippen LogP) is 2.28. The SMILES string of the molecule is COCOCCOCC(C)(COCCN=[N+]=[N-])COCCN=[N+]=[N-]. The Morgan fingerprint density at radius 1 is 0.792 bits per heavy atom. The number of azide groups is 2. The molecular formula is C13H26N6O5. The van der Waals surface area contributed by atoms with Crippen LogP contribution < -0.4 is 0 Å². The third-order valence-electron chi connectivity index (χ3n) is 2.72. The van der Waals surface area contributed by atoms with E-state index in [9.17, 15) is 0 Å². The van der Waals surface area contributed by atoms with E-state index in [1.807, 2.05) is 6.92 Å². The van der Waals surface area contributed by atoms with Gasteiger partial charge in [0.1, 0.15) is 6.79 Å². The van der Waals surface area contributed by atoms with Crippen molar-refractivity contribution in [1.82, 2.24) is 0 Å². The molecule has 0 aromatic heterocycles. The Morgan fingerprint density at radius 2 is 1.25 bits per heavy atom. The predicted molar refractivity (Wildman–Crippen MR) is 86.4 cm³/mol. The summed E-state index contributed by atoms with van der Waals surface area (Å²) in [6.07, 6.45) is 0. The van der Waals surface area contributed by atoms with Crippen molar-refractivity contribution in [2.45, 2.75) is 6.92 Å². The summed E-state index contributed by atoms with van der Waals surface area (Å²) in [6.45, 7) is 5.43. The lowest BCUT2D eigenvalue weighted by molar-refractivity contribution is -0.0823. The van der Waals surface area contributed by atoms with E-state index in [0.717, 1.165) is 0 Å². The van der Waals surface area contributed by atoms with E-state index in [2.05, 4.69) is 20.1 Å². The maximum atomic E-state index is 8.23. The van der Waals surface area contributed by atoms with Crippen molar-refractivity contribution < 1.29 is 23.7 Å². The zero-order valence-corrected chi connectivity index (χ0v) is 14.3. The highest BCUT2D eigenvalue weighted by molar-refractivity contribution is 4.73. The molecular weight excluding hydrogens is 320 g/mol. The fourth-order valence-corrected chi connectivity index (χ4v) is 1.64. The van der Waals surface area contributed by atoms with Crippen LogP contribution in [0.25, 0.3) is 20.9 Å². The fourth-order valence-electron chi connectivity index (χ4n) is 1.64. The number of hydrogen-bond acceptors (Lipinski definition) is 7. The van der Waals surface area contributed by atoms with Crippen LogP contribution in [0.1, 0.15) is 6.92 Å². The molecule has 0 bridgehead atoms. The van der Waals surface area contributed by atoms with E-state index in [4.69, 9.17) is 34.7 Å². The molecule has 0 spiro atoms. The van der Waals surface area contributed by atoms with Crippen molar-refractivity contribution in [3.63, 3.8) is 0 Å². The molecule has 11 nitrogen and oxygen atoms in total. The number of rotatable bonds is 17. The lowest BCUT2D eigenvalue weighted by Crippen LogP contribution is -2.35. The van der Waals surface area contributed by atoms with E-state index in [0.29, 0.717) is 46.2 Å². The Kier molecular flexibility index (Phi) is 15.2. The van der Waals surface area contributed by atoms with Gasteiger partial charge in [-0.25, -0.2) is 0 Å². The van der Waals surface area contributed by atoms with Crippen molar-refractivity contribution >= 4 is 0 Å². The summed E-state index contributed by atoms with van der Waals surface area (Å²) in [5, 5.41) is 6.82. The lowest BCUT2D eigenvalue weighted by Gasteiger charge is -2.29. The van der Waals surface area contributed by atoms with Crippen molar-refractivity contribution in [2.24, 2.45) is 15.6 Å². The molecule has 0 fully saturated rings. The van der Waals surface area contributed by atoms with Crippen LogP contribution in [0.15, 0.2) is 10.2 Å². The molecule has 0 unspecified atom stereocenters. The summed E-state index contributed by atoms with van der Waals surface area (Å²) in [4.78, 5) is 5.33. The highest BCUT2D eigenvalue weighted by Gasteiger charge is 2.25. The second-order valence-electron chi connectivity index (χ2n) is 5.19. The molecule has 138 valence electrons. The van der Waals surface area contributed by atoms with E-state index in [1.165, 1.54) is 0 Å². The first-order valence-electron chi connectivity index (χ1n) is 7.50. The zero-order chi connectivity index (χ0) is 17.9. The van der Waals surface area contributed by atoms with Crippen LogP contribution in [0.4, 0.5) is 0 Å². The van der Waals surface area contributed by atoms with Crippen LogP contribution in [-0.2, 0) is 23.7 Å². The Morgan fingerprint density at radius 3 is 1.71 bits per heavy atom. The normalized spacial score (nSPS) is 12.9. The summed E-state index contributed by atoms with van der Waals surface area (Å²) in [6, 6.07) is 0. The maximum absolute atomic E-state index is 8.23. The Hall–Kier alpha value is -1.58. The molecule has 0 N–H and O–H groups in total. The van der Waals surface area contributed by atoms with Crippen LogP contribution in [0, 0.1) is 5.41 Å². The molecule has 0 aliphatic heterocycles. The van der Waals surface area contributed by atoms with Crippen molar-refractivity contribution in [3.05, 3.63) is 20.9 Å². The van der Waals surface area contributed by atoms with Crippen LogP contribution >= 0.6 is 0 Å². The number of hydrogen-bond donors (Lipinski definition) is 0. The van der Waals surface area contributed by atoms with Gasteiger partial charge in [0.25, 0.3) is 0 Å². The van der Waals surface area contributed by atoms with Crippen LogP contribution in [0.5, 0.6) is 0 Å². The van der Waals surface area contributed by atoms with Crippen molar-refractivity contribution in [1.29, 1.82) is 0 Å². The molecule has 0 saturated heterocycles. The van der Waals surface area contributed by atoms with Gasteiger partial charge in [-0.15, -0.1) is 0 Å². The number of nitrogens with zero attached hydrogens (tertiary/aromatic N) is 6. The van der Waals surface area contributed by atoms with E-state index < -0.39 is 0 Å². The van der Waals surface area contributed by atoms with Gasteiger partial charge in [-0.05, 0) is 11.1 Å². The van der Waals surface area contributed by atoms with Gasteiger partial charge in [0.2, 0.25) is 0 Å². The third kappa shape index (κ3) is 14.0. The minimum absolute atomic E-state index is 0.228. The van der Waals surface area contributed by atoms with Crippen molar-refractivity contribution in [3.8, 4) is 0 Å². The van der Waals surface area contributed by atoms with Crippen LogP contribution in [0.3, 0.4) is 0 Å². The summed E-state index contributed by atoms with van der Waals surface area (Å²) < 4.78 is 26.5. The minimum atomic E-state index is -0.381. The Labute approximate surface area is 141 Å². The first-order chi connectivity index (χ1) is 11.7. The molecule has 0 radical (unpaired) electrons. The smallest absolute Gasteiger partial charge is 0.146 e. The Balaban J connectivity index is 4.13. The monoisotopic (exact) mass is 346 g/mol. The quantitative estimate of drug-likeness (QED) is 0.130. The van der Waals surface area contributed by atoms with Crippen LogP contribution in [-0.4, -0.2) is 73.2 Å². The van der Waals surface area contributed by atoms with Gasteiger partial charge in [-0.3, -0.25) is 0 Å². The molecule has 11 heteroatoms. The minimum Gasteiger partial charge on any atom is -0.381 e. The van der Waals surface area contributed by atoms with Crippen LogP contribution in [0.2, 0.25) is 0 Å². The Bertz CT molecular complexity index is 372. The second kappa shape index (κ2) is 16.3. The maximum Gasteiger partial charge on any atom is 0.146 e. The summed E-state index contributed by atoms with van der Waals surface area (Å²) in [7, 11) is 1.55. The highest BCUT2D eigenvalue weighted by atomic mass is 16.7. The average Bonchev–Trinajstić information content (AvgIpc) is 2.58. The first kappa shape index (κ1) is 22.4. The average molecular weight is 346 g/mol. The van der Waals surface area contributed by atoms with Gasteiger partial charge < -0.3 is 23.7 Å². The largest absolute Gasteiger partial charge is 0.381 e. The van der Waals surface area contributed by atoms with Gasteiger partial charge in [0.05, 0.1) is 46.2 Å². The summed E-state index contributed by atoms with van der Waals surface area (Å²) >= 11 is 0. The van der Waals surface area contributed by atoms with E-state index >= 15 is 0 Å². The molecule has 0 aromatic rings. The van der Waals surface area contributed by atoms with Gasteiger partial charge >= 0.3 is 0 Å². The van der Waals surface area contributed by atoms with Gasteiger partial charge in [-0.2, -0.15) is 0 Å². The number of methoxy groups -OCH3 is 1. The second-order valence-corrected chi connectivity index (χ2v) is 5.19. The molecule has 0 aliphatic rings. The van der Waals surface area contributed by atoms with E-state index in [1.54, 1.807) is 7.11 Å².